The van der Waals surface area contributed by atoms with E-state index in [1.54, 1.807) is 18.1 Å². The average Bonchev–Trinajstić information content (AvgIpc) is 3.36. The van der Waals surface area contributed by atoms with E-state index in [9.17, 15) is 13.2 Å². The van der Waals surface area contributed by atoms with Crippen LogP contribution in [0.2, 0.25) is 5.02 Å². The number of carbonyl (C=O) groups excluding carboxylic acids is 1. The third kappa shape index (κ3) is 4.87. The summed E-state index contributed by atoms with van der Waals surface area (Å²) < 4.78 is 25.7. The van der Waals surface area contributed by atoms with E-state index in [4.69, 9.17) is 11.6 Å². The van der Waals surface area contributed by atoms with Crippen LogP contribution in [-0.4, -0.2) is 58.6 Å². The normalized spacial score (nSPS) is 18.4. The second-order valence-electron chi connectivity index (χ2n) is 7.87. The van der Waals surface area contributed by atoms with Gasteiger partial charge in [-0.15, -0.1) is 0 Å². The summed E-state index contributed by atoms with van der Waals surface area (Å²) in [5.41, 5.74) is 2.75. The van der Waals surface area contributed by atoms with Crippen molar-refractivity contribution in [1.29, 1.82) is 0 Å². The van der Waals surface area contributed by atoms with Crippen LogP contribution >= 0.6 is 23.4 Å². The zero-order valence-corrected chi connectivity index (χ0v) is 20.2. The summed E-state index contributed by atoms with van der Waals surface area (Å²) >= 11 is 7.61. The smallest absolute Gasteiger partial charge is 0.235 e. The predicted molar refractivity (Wildman–Crippen MR) is 129 cm³/mol. The van der Waals surface area contributed by atoms with E-state index in [1.165, 1.54) is 11.8 Å². The first-order valence-corrected chi connectivity index (χ1v) is 13.4. The monoisotopic (exact) mass is 489 g/mol. The third-order valence-corrected chi connectivity index (χ3v) is 8.64. The Bertz CT molecular complexity index is 1230. The van der Waals surface area contributed by atoms with E-state index >= 15 is 0 Å². The second kappa shape index (κ2) is 9.29. The topological polar surface area (TPSA) is 72.3 Å². The Labute approximate surface area is 197 Å². The van der Waals surface area contributed by atoms with Crippen LogP contribution in [0.4, 0.5) is 0 Å². The van der Waals surface area contributed by atoms with Crippen molar-refractivity contribution in [3.05, 3.63) is 65.8 Å². The highest BCUT2D eigenvalue weighted by molar-refractivity contribution is 8.00. The second-order valence-corrected chi connectivity index (χ2v) is 11.8. The summed E-state index contributed by atoms with van der Waals surface area (Å²) in [5.74, 6) is 0.0530. The maximum atomic E-state index is 13.1. The molecule has 0 saturated carbocycles. The van der Waals surface area contributed by atoms with Crippen LogP contribution in [0.15, 0.2) is 66.0 Å². The van der Waals surface area contributed by atoms with Gasteiger partial charge in [0, 0.05) is 29.4 Å². The number of aromatic nitrogens is 2. The van der Waals surface area contributed by atoms with Gasteiger partial charge in [0.15, 0.2) is 15.0 Å². The van der Waals surface area contributed by atoms with Crippen LogP contribution in [0.1, 0.15) is 13.3 Å². The summed E-state index contributed by atoms with van der Waals surface area (Å²) in [6.45, 7) is 1.83. The number of halogens is 1. The first kappa shape index (κ1) is 22.9. The minimum absolute atomic E-state index is 0.0297. The maximum absolute atomic E-state index is 13.1. The first-order chi connectivity index (χ1) is 15.2. The van der Waals surface area contributed by atoms with Crippen LogP contribution in [0, 0.1) is 0 Å². The van der Waals surface area contributed by atoms with Crippen molar-refractivity contribution in [1.82, 2.24) is 14.5 Å². The molecular formula is C23H24ClN3O3S2. The Morgan fingerprint density at radius 2 is 1.97 bits per heavy atom. The Morgan fingerprint density at radius 1 is 1.22 bits per heavy atom. The van der Waals surface area contributed by atoms with Crippen molar-refractivity contribution in [2.24, 2.45) is 0 Å². The van der Waals surface area contributed by atoms with Gasteiger partial charge in [-0.25, -0.2) is 13.4 Å². The number of thioether (sulfide) groups is 1. The third-order valence-electron chi connectivity index (χ3n) is 5.60. The summed E-state index contributed by atoms with van der Waals surface area (Å²) in [5, 5.41) is 0.837. The molecule has 2 aromatic carbocycles. The van der Waals surface area contributed by atoms with E-state index in [1.807, 2.05) is 66.1 Å². The summed E-state index contributed by atoms with van der Waals surface area (Å²) in [7, 11) is -1.38. The molecule has 32 heavy (non-hydrogen) atoms. The number of hydrogen-bond donors (Lipinski definition) is 0. The zero-order valence-electron chi connectivity index (χ0n) is 17.8. The molecule has 1 aromatic heterocycles. The Morgan fingerprint density at radius 3 is 2.62 bits per heavy atom. The van der Waals surface area contributed by atoms with Crippen molar-refractivity contribution in [3.63, 3.8) is 0 Å². The molecule has 2 atom stereocenters. The van der Waals surface area contributed by atoms with Crippen LogP contribution in [0.5, 0.6) is 0 Å². The van der Waals surface area contributed by atoms with Crippen molar-refractivity contribution in [2.75, 3.05) is 18.6 Å². The van der Waals surface area contributed by atoms with Gasteiger partial charge in [-0.2, -0.15) is 0 Å². The molecular weight excluding hydrogens is 466 g/mol. The summed E-state index contributed by atoms with van der Waals surface area (Å²) in [4.78, 5) is 19.3. The highest BCUT2D eigenvalue weighted by Gasteiger charge is 2.34. The van der Waals surface area contributed by atoms with Gasteiger partial charge in [-0.05, 0) is 31.5 Å². The van der Waals surface area contributed by atoms with Gasteiger partial charge in [0.1, 0.15) is 0 Å². The zero-order chi connectivity index (χ0) is 22.9. The van der Waals surface area contributed by atoms with Gasteiger partial charge in [-0.3, -0.25) is 9.36 Å². The number of benzene rings is 2. The van der Waals surface area contributed by atoms with E-state index in [-0.39, 0.29) is 23.5 Å². The molecule has 1 aliphatic rings. The lowest BCUT2D eigenvalue weighted by Crippen LogP contribution is -2.41. The van der Waals surface area contributed by atoms with Gasteiger partial charge < -0.3 is 4.90 Å². The highest BCUT2D eigenvalue weighted by atomic mass is 35.5. The van der Waals surface area contributed by atoms with Crippen LogP contribution < -0.4 is 0 Å². The van der Waals surface area contributed by atoms with Gasteiger partial charge in [0.25, 0.3) is 0 Å². The molecule has 1 fully saturated rings. The SMILES string of the molecule is C[C@H](Sc1ncc(-c2ccccc2)n1-c1cccc(Cl)c1)C(=O)N(C)[C@@H]1CCS(=O)(=O)C1. The average molecular weight is 490 g/mol. The van der Waals surface area contributed by atoms with Gasteiger partial charge in [0.2, 0.25) is 5.91 Å². The minimum atomic E-state index is -3.06. The molecule has 9 heteroatoms. The minimum Gasteiger partial charge on any atom is -0.341 e. The number of imidazole rings is 1. The van der Waals surface area contributed by atoms with Gasteiger partial charge in [0.05, 0.1) is 28.6 Å². The lowest BCUT2D eigenvalue weighted by Gasteiger charge is -2.26. The summed E-state index contributed by atoms with van der Waals surface area (Å²) in [6.07, 6.45) is 2.28. The van der Waals surface area contributed by atoms with Crippen LogP contribution in [-0.2, 0) is 14.6 Å². The molecule has 1 amide bonds. The van der Waals surface area contributed by atoms with E-state index < -0.39 is 15.1 Å². The molecule has 2 heterocycles. The lowest BCUT2D eigenvalue weighted by atomic mass is 10.1. The van der Waals surface area contributed by atoms with Crippen LogP contribution in [0.3, 0.4) is 0 Å². The molecule has 3 aromatic rings. The lowest BCUT2D eigenvalue weighted by molar-refractivity contribution is -0.130. The number of carbonyl (C=O) groups is 1. The first-order valence-electron chi connectivity index (χ1n) is 10.3. The molecule has 0 bridgehead atoms. The molecule has 0 N–H and O–H groups in total. The molecule has 4 rings (SSSR count). The molecule has 1 aliphatic heterocycles. The number of nitrogens with zero attached hydrogens (tertiary/aromatic N) is 3. The van der Waals surface area contributed by atoms with Crippen molar-refractivity contribution in [3.8, 4) is 16.9 Å². The fourth-order valence-electron chi connectivity index (χ4n) is 3.85. The standard InChI is InChI=1S/C23H24ClN3O3S2/c1-16(22(28)26(2)20-11-12-32(29,30)15-20)31-23-25-14-21(17-7-4-3-5-8-17)27(23)19-10-6-9-18(24)13-19/h3-10,13-14,16,20H,11-12,15H2,1-2H3/t16-,20+/m0/s1. The molecule has 0 aliphatic carbocycles. The predicted octanol–water partition coefficient (Wildman–Crippen LogP) is 4.32. The van der Waals surface area contributed by atoms with Gasteiger partial charge in [-0.1, -0.05) is 59.8 Å². The Balaban J connectivity index is 1.63. The molecule has 0 radical (unpaired) electrons. The number of hydrogen-bond acceptors (Lipinski definition) is 5. The largest absolute Gasteiger partial charge is 0.341 e. The van der Waals surface area contributed by atoms with Crippen LogP contribution in [0.25, 0.3) is 16.9 Å². The summed E-state index contributed by atoms with van der Waals surface area (Å²) in [6, 6.07) is 17.1. The number of sulfone groups is 1. The molecule has 168 valence electrons. The fraction of sp³-hybridized carbons (Fsp3) is 0.304. The fourth-order valence-corrected chi connectivity index (χ4v) is 6.82. The molecule has 0 spiro atoms. The molecule has 6 nitrogen and oxygen atoms in total. The molecule has 1 saturated heterocycles. The number of amides is 1. The Hall–Kier alpha value is -2.29. The van der Waals surface area contributed by atoms with Crippen molar-refractivity contribution < 1.29 is 13.2 Å². The van der Waals surface area contributed by atoms with Gasteiger partial charge >= 0.3 is 0 Å². The van der Waals surface area contributed by atoms with E-state index in [2.05, 4.69) is 4.98 Å². The molecule has 0 unspecified atom stereocenters. The quantitative estimate of drug-likeness (QED) is 0.482. The Kier molecular flexibility index (Phi) is 6.65. The highest BCUT2D eigenvalue weighted by Crippen LogP contribution is 2.33. The van der Waals surface area contributed by atoms with Crippen molar-refractivity contribution >= 4 is 39.1 Å². The number of rotatable bonds is 6. The maximum Gasteiger partial charge on any atom is 0.235 e. The van der Waals surface area contributed by atoms with Crippen molar-refractivity contribution in [2.45, 2.75) is 29.8 Å². The van der Waals surface area contributed by atoms with E-state index in [0.29, 0.717) is 16.6 Å². The van der Waals surface area contributed by atoms with E-state index in [0.717, 1.165) is 16.9 Å².